The van der Waals surface area contributed by atoms with E-state index in [-0.39, 0.29) is 19.3 Å². The number of fused-ring (bicyclic) bond motifs is 1. The number of hydrogen-bond donors (Lipinski definition) is 2. The molecule has 1 aromatic rings. The molecule has 1 aliphatic rings. The van der Waals surface area contributed by atoms with Gasteiger partial charge in [-0.2, -0.15) is 0 Å². The summed E-state index contributed by atoms with van der Waals surface area (Å²) in [6.45, 7) is 6.58. The summed E-state index contributed by atoms with van der Waals surface area (Å²) in [5.41, 5.74) is 1.13. The molecule has 0 aromatic heterocycles. The quantitative estimate of drug-likeness (QED) is 0.615. The van der Waals surface area contributed by atoms with Gasteiger partial charge in [-0.15, -0.1) is 0 Å². The second kappa shape index (κ2) is 7.89. The zero-order chi connectivity index (χ0) is 15.9. The SMILES string of the molecule is CCNC(=NCC(C)CO)N(C)Cc1ccc2c(c1)OCO2. The summed E-state index contributed by atoms with van der Waals surface area (Å²) < 4.78 is 10.7. The van der Waals surface area contributed by atoms with Crippen LogP contribution in [-0.2, 0) is 6.54 Å². The Bertz CT molecular complexity index is 519. The van der Waals surface area contributed by atoms with Gasteiger partial charge in [-0.3, -0.25) is 4.99 Å². The molecule has 2 N–H and O–H groups in total. The number of hydrogen-bond acceptors (Lipinski definition) is 4. The Morgan fingerprint density at radius 1 is 1.41 bits per heavy atom. The second-order valence-corrected chi connectivity index (χ2v) is 5.53. The Balaban J connectivity index is 2.02. The van der Waals surface area contributed by atoms with E-state index >= 15 is 0 Å². The van der Waals surface area contributed by atoms with Gasteiger partial charge in [0.25, 0.3) is 0 Å². The minimum Gasteiger partial charge on any atom is -0.454 e. The fourth-order valence-electron chi connectivity index (χ4n) is 2.16. The molecule has 0 saturated heterocycles. The van der Waals surface area contributed by atoms with Crippen LogP contribution in [0.1, 0.15) is 19.4 Å². The predicted octanol–water partition coefficient (Wildman–Crippen LogP) is 1.44. The van der Waals surface area contributed by atoms with Gasteiger partial charge in [0, 0.05) is 33.3 Å². The molecule has 0 radical (unpaired) electrons. The fourth-order valence-corrected chi connectivity index (χ4v) is 2.16. The van der Waals surface area contributed by atoms with E-state index in [9.17, 15) is 0 Å². The van der Waals surface area contributed by atoms with Crippen molar-refractivity contribution >= 4 is 5.96 Å². The fraction of sp³-hybridized carbons (Fsp3) is 0.562. The molecular formula is C16H25N3O3. The van der Waals surface area contributed by atoms with Gasteiger partial charge in [-0.05, 0) is 30.5 Å². The highest BCUT2D eigenvalue weighted by molar-refractivity contribution is 5.79. The lowest BCUT2D eigenvalue weighted by Gasteiger charge is -2.22. The third kappa shape index (κ3) is 4.27. The van der Waals surface area contributed by atoms with Crippen molar-refractivity contribution < 1.29 is 14.6 Å². The van der Waals surface area contributed by atoms with Gasteiger partial charge in [0.1, 0.15) is 0 Å². The summed E-state index contributed by atoms with van der Waals surface area (Å²) in [5.74, 6) is 2.58. The van der Waals surface area contributed by atoms with Gasteiger partial charge < -0.3 is 24.8 Å². The van der Waals surface area contributed by atoms with Crippen molar-refractivity contribution in [3.63, 3.8) is 0 Å². The summed E-state index contributed by atoms with van der Waals surface area (Å²) in [7, 11) is 2.00. The highest BCUT2D eigenvalue weighted by Gasteiger charge is 2.14. The van der Waals surface area contributed by atoms with Gasteiger partial charge in [-0.25, -0.2) is 0 Å². The zero-order valence-electron chi connectivity index (χ0n) is 13.5. The Kier molecular flexibility index (Phi) is 5.89. The first-order valence-electron chi connectivity index (χ1n) is 7.62. The standard InChI is InChI=1S/C16H25N3O3/c1-4-17-16(18-8-12(2)10-20)19(3)9-13-5-6-14-15(7-13)22-11-21-14/h5-7,12,20H,4,8-11H2,1-3H3,(H,17,18). The topological polar surface area (TPSA) is 66.3 Å². The van der Waals surface area contributed by atoms with Crippen LogP contribution in [-0.4, -0.2) is 49.5 Å². The van der Waals surface area contributed by atoms with E-state index in [1.807, 2.05) is 39.1 Å². The van der Waals surface area contributed by atoms with Crippen molar-refractivity contribution in [2.45, 2.75) is 20.4 Å². The van der Waals surface area contributed by atoms with Crippen LogP contribution in [0, 0.1) is 5.92 Å². The van der Waals surface area contributed by atoms with Crippen molar-refractivity contribution in [1.29, 1.82) is 0 Å². The Hall–Kier alpha value is -1.95. The molecule has 1 aliphatic heterocycles. The average molecular weight is 307 g/mol. The molecule has 0 bridgehead atoms. The van der Waals surface area contributed by atoms with E-state index in [0.29, 0.717) is 6.54 Å². The normalized spacial score (nSPS) is 14.8. The smallest absolute Gasteiger partial charge is 0.231 e. The van der Waals surface area contributed by atoms with E-state index in [1.165, 1.54) is 0 Å². The molecule has 22 heavy (non-hydrogen) atoms. The Morgan fingerprint density at radius 2 is 2.18 bits per heavy atom. The number of aliphatic hydroxyl groups excluding tert-OH is 1. The maximum absolute atomic E-state index is 9.11. The number of ether oxygens (including phenoxy) is 2. The Labute approximate surface area is 131 Å². The van der Waals surface area contributed by atoms with Crippen LogP contribution in [0.4, 0.5) is 0 Å². The summed E-state index contributed by atoms with van der Waals surface area (Å²) >= 11 is 0. The van der Waals surface area contributed by atoms with Gasteiger partial charge in [0.05, 0.1) is 0 Å². The number of nitrogens with zero attached hydrogens (tertiary/aromatic N) is 2. The first kappa shape index (κ1) is 16.4. The van der Waals surface area contributed by atoms with Gasteiger partial charge >= 0.3 is 0 Å². The van der Waals surface area contributed by atoms with Crippen molar-refractivity contribution in [2.24, 2.45) is 10.9 Å². The van der Waals surface area contributed by atoms with Crippen molar-refractivity contribution in [3.05, 3.63) is 23.8 Å². The van der Waals surface area contributed by atoms with Crippen molar-refractivity contribution in [3.8, 4) is 11.5 Å². The molecule has 1 aromatic carbocycles. The molecule has 6 heteroatoms. The largest absolute Gasteiger partial charge is 0.454 e. The summed E-state index contributed by atoms with van der Waals surface area (Å²) in [6.07, 6.45) is 0. The van der Waals surface area contributed by atoms with Crippen molar-refractivity contribution in [2.75, 3.05) is 33.5 Å². The van der Waals surface area contributed by atoms with Crippen LogP contribution in [0.2, 0.25) is 0 Å². The summed E-state index contributed by atoms with van der Waals surface area (Å²) in [6, 6.07) is 5.96. The summed E-state index contributed by atoms with van der Waals surface area (Å²) in [4.78, 5) is 6.63. The maximum atomic E-state index is 9.11. The van der Waals surface area contributed by atoms with E-state index < -0.39 is 0 Å². The number of nitrogens with one attached hydrogen (secondary N) is 1. The molecule has 1 heterocycles. The van der Waals surface area contributed by atoms with Gasteiger partial charge in [0.15, 0.2) is 17.5 Å². The van der Waals surface area contributed by atoms with Crippen LogP contribution >= 0.6 is 0 Å². The molecule has 0 aliphatic carbocycles. The minimum atomic E-state index is 0.148. The molecule has 0 spiro atoms. The predicted molar refractivity (Wildman–Crippen MR) is 86.3 cm³/mol. The highest BCUT2D eigenvalue weighted by atomic mass is 16.7. The lowest BCUT2D eigenvalue weighted by molar-refractivity contribution is 0.174. The molecule has 122 valence electrons. The molecule has 1 atom stereocenters. The average Bonchev–Trinajstić information content (AvgIpc) is 2.98. The molecule has 1 unspecified atom stereocenters. The van der Waals surface area contributed by atoms with Crippen molar-refractivity contribution in [1.82, 2.24) is 10.2 Å². The first-order valence-corrected chi connectivity index (χ1v) is 7.62. The number of aliphatic hydroxyl groups is 1. The minimum absolute atomic E-state index is 0.148. The second-order valence-electron chi connectivity index (χ2n) is 5.53. The van der Waals surface area contributed by atoms with E-state index in [4.69, 9.17) is 14.6 Å². The third-order valence-electron chi connectivity index (χ3n) is 3.42. The molecule has 0 fully saturated rings. The number of guanidine groups is 1. The number of rotatable bonds is 6. The molecule has 6 nitrogen and oxygen atoms in total. The third-order valence-corrected chi connectivity index (χ3v) is 3.42. The molecule has 0 saturated carbocycles. The molecule has 0 amide bonds. The van der Waals surface area contributed by atoms with E-state index in [0.717, 1.165) is 36.1 Å². The van der Waals surface area contributed by atoms with Crippen LogP contribution in [0.25, 0.3) is 0 Å². The highest BCUT2D eigenvalue weighted by Crippen LogP contribution is 2.32. The van der Waals surface area contributed by atoms with Crippen LogP contribution < -0.4 is 14.8 Å². The lowest BCUT2D eigenvalue weighted by atomic mass is 10.2. The lowest BCUT2D eigenvalue weighted by Crippen LogP contribution is -2.38. The zero-order valence-corrected chi connectivity index (χ0v) is 13.5. The molecular weight excluding hydrogens is 282 g/mol. The monoisotopic (exact) mass is 307 g/mol. The van der Waals surface area contributed by atoms with Gasteiger partial charge in [-0.1, -0.05) is 13.0 Å². The maximum Gasteiger partial charge on any atom is 0.231 e. The number of benzene rings is 1. The Morgan fingerprint density at radius 3 is 2.91 bits per heavy atom. The summed E-state index contributed by atoms with van der Waals surface area (Å²) in [5, 5.41) is 12.4. The van der Waals surface area contributed by atoms with E-state index in [2.05, 4.69) is 15.2 Å². The molecule has 2 rings (SSSR count). The first-order chi connectivity index (χ1) is 10.6. The number of aliphatic imine (C=N–C) groups is 1. The van der Waals surface area contributed by atoms with Crippen LogP contribution in [0.3, 0.4) is 0 Å². The van der Waals surface area contributed by atoms with E-state index in [1.54, 1.807) is 0 Å². The van der Waals surface area contributed by atoms with Crippen LogP contribution in [0.15, 0.2) is 23.2 Å². The van der Waals surface area contributed by atoms with Crippen LogP contribution in [0.5, 0.6) is 11.5 Å². The van der Waals surface area contributed by atoms with Gasteiger partial charge in [0.2, 0.25) is 6.79 Å².